The van der Waals surface area contributed by atoms with Gasteiger partial charge in [-0.3, -0.25) is 10.0 Å². The maximum Gasteiger partial charge on any atom is 0.333 e. The van der Waals surface area contributed by atoms with Gasteiger partial charge in [-0.25, -0.2) is 19.6 Å². The average molecular weight is 407 g/mol. The highest BCUT2D eigenvalue weighted by Crippen LogP contribution is 2.29. The number of hydrogen-bond donors (Lipinski definition) is 2. The first-order valence-corrected chi connectivity index (χ1v) is 10.6. The van der Waals surface area contributed by atoms with Crippen molar-refractivity contribution in [3.8, 4) is 0 Å². The lowest BCUT2D eigenvalue weighted by molar-refractivity contribution is 0.201. The number of hydrogen-bond acceptors (Lipinski definition) is 4. The number of carbonyl (C=O) groups excluding carboxylic acids is 2. The van der Waals surface area contributed by atoms with Crippen molar-refractivity contribution < 1.29 is 9.59 Å². The summed E-state index contributed by atoms with van der Waals surface area (Å²) in [5, 5.41) is 7.05. The topological polar surface area (TPSA) is 99.1 Å². The molecule has 4 amide bonds. The second-order valence-corrected chi connectivity index (χ2v) is 7.14. The van der Waals surface area contributed by atoms with E-state index < -0.39 is 12.1 Å². The lowest BCUT2D eigenvalue weighted by Gasteiger charge is -2.38. The number of rotatable bonds is 12. The number of carbonyl (C=O) groups is 2. The molecule has 8 heteroatoms. The molecular formula is C21H38N6O2. The van der Waals surface area contributed by atoms with Gasteiger partial charge in [0.15, 0.2) is 0 Å². The molecule has 0 unspecified atom stereocenters. The van der Waals surface area contributed by atoms with Crippen LogP contribution in [-0.2, 0) is 0 Å². The Labute approximate surface area is 175 Å². The molecule has 0 aliphatic rings. The molecular weight excluding hydrogens is 368 g/mol. The monoisotopic (exact) mass is 406 g/mol. The third kappa shape index (κ3) is 6.44. The van der Waals surface area contributed by atoms with E-state index in [1.807, 2.05) is 49.0 Å². The molecule has 1 aromatic carbocycles. The standard InChI is InChI=1S/C21H38N6O2/c1-6-12-24(26(14-8-3)20(22)28)18-11-10-17(5)19(16-18)25(13-7-2)27(15-9-4)21(23)29/h10-11,16H,6-9,12-15H2,1-5H3,(H2,22,28)(H2,23,29). The summed E-state index contributed by atoms with van der Waals surface area (Å²) in [6.45, 7) is 12.6. The van der Waals surface area contributed by atoms with Crippen molar-refractivity contribution in [2.24, 2.45) is 11.5 Å². The van der Waals surface area contributed by atoms with Crippen LogP contribution < -0.4 is 21.5 Å². The highest BCUT2D eigenvalue weighted by Gasteiger charge is 2.23. The first-order valence-electron chi connectivity index (χ1n) is 10.6. The SMILES string of the molecule is CCCN(C(N)=O)N(CCC)c1ccc(C)c(N(CCC)N(CCC)C(N)=O)c1. The number of nitrogens with two attached hydrogens (primary N) is 2. The van der Waals surface area contributed by atoms with E-state index in [9.17, 15) is 9.59 Å². The van der Waals surface area contributed by atoms with E-state index in [-0.39, 0.29) is 0 Å². The van der Waals surface area contributed by atoms with Crippen LogP contribution in [0.15, 0.2) is 18.2 Å². The second kappa shape index (κ2) is 12.0. The molecule has 1 aromatic rings. The zero-order valence-corrected chi connectivity index (χ0v) is 18.6. The van der Waals surface area contributed by atoms with E-state index in [0.29, 0.717) is 26.2 Å². The number of urea groups is 2. The van der Waals surface area contributed by atoms with Gasteiger partial charge in [0.2, 0.25) is 0 Å². The number of amides is 4. The minimum Gasteiger partial charge on any atom is -0.350 e. The van der Waals surface area contributed by atoms with Gasteiger partial charge < -0.3 is 11.5 Å². The van der Waals surface area contributed by atoms with Gasteiger partial charge in [-0.2, -0.15) is 0 Å². The molecule has 164 valence electrons. The fraction of sp³-hybridized carbons (Fsp3) is 0.619. The lowest BCUT2D eigenvalue weighted by Crippen LogP contribution is -2.51. The van der Waals surface area contributed by atoms with Gasteiger partial charge in [0, 0.05) is 26.2 Å². The Morgan fingerprint density at radius 3 is 1.66 bits per heavy atom. The molecule has 8 nitrogen and oxygen atoms in total. The van der Waals surface area contributed by atoms with Crippen LogP contribution in [0.4, 0.5) is 21.0 Å². The maximum atomic E-state index is 12.1. The van der Waals surface area contributed by atoms with Crippen LogP contribution in [-0.4, -0.2) is 48.3 Å². The third-order valence-electron chi connectivity index (χ3n) is 4.60. The molecule has 0 heterocycles. The molecule has 0 aliphatic heterocycles. The highest BCUT2D eigenvalue weighted by atomic mass is 16.2. The summed E-state index contributed by atoms with van der Waals surface area (Å²) >= 11 is 0. The summed E-state index contributed by atoms with van der Waals surface area (Å²) in [5.41, 5.74) is 14.1. The van der Waals surface area contributed by atoms with Crippen LogP contribution in [0.5, 0.6) is 0 Å². The van der Waals surface area contributed by atoms with E-state index in [4.69, 9.17) is 11.5 Å². The molecule has 0 spiro atoms. The van der Waals surface area contributed by atoms with Crippen molar-refractivity contribution >= 4 is 23.4 Å². The molecule has 0 atom stereocenters. The zero-order valence-electron chi connectivity index (χ0n) is 18.6. The zero-order chi connectivity index (χ0) is 22.0. The molecule has 0 aromatic heterocycles. The molecule has 0 saturated carbocycles. The van der Waals surface area contributed by atoms with Gasteiger partial charge in [0.1, 0.15) is 0 Å². The predicted molar refractivity (Wildman–Crippen MR) is 120 cm³/mol. The Hall–Kier alpha value is -2.64. The van der Waals surface area contributed by atoms with Crippen molar-refractivity contribution in [3.05, 3.63) is 23.8 Å². The van der Waals surface area contributed by atoms with E-state index >= 15 is 0 Å². The van der Waals surface area contributed by atoms with E-state index in [1.54, 1.807) is 10.0 Å². The van der Waals surface area contributed by atoms with Crippen molar-refractivity contribution in [1.29, 1.82) is 0 Å². The lowest BCUT2D eigenvalue weighted by atomic mass is 10.1. The Balaban J connectivity index is 3.46. The predicted octanol–water partition coefficient (Wildman–Crippen LogP) is 3.84. The Morgan fingerprint density at radius 1 is 0.759 bits per heavy atom. The first-order chi connectivity index (χ1) is 13.8. The third-order valence-corrected chi connectivity index (χ3v) is 4.60. The van der Waals surface area contributed by atoms with Gasteiger partial charge in [-0.1, -0.05) is 33.8 Å². The average Bonchev–Trinajstić information content (AvgIpc) is 2.67. The number of benzene rings is 1. The second-order valence-electron chi connectivity index (χ2n) is 7.14. The van der Waals surface area contributed by atoms with E-state index in [2.05, 4.69) is 13.8 Å². The van der Waals surface area contributed by atoms with Crippen LogP contribution in [0, 0.1) is 6.92 Å². The van der Waals surface area contributed by atoms with E-state index in [1.165, 1.54) is 0 Å². The summed E-state index contributed by atoms with van der Waals surface area (Å²) < 4.78 is 0. The van der Waals surface area contributed by atoms with Crippen LogP contribution >= 0.6 is 0 Å². The van der Waals surface area contributed by atoms with Crippen LogP contribution in [0.25, 0.3) is 0 Å². The van der Waals surface area contributed by atoms with Gasteiger partial charge >= 0.3 is 12.1 Å². The minimum absolute atomic E-state index is 0.472. The van der Waals surface area contributed by atoms with Crippen molar-refractivity contribution in [2.75, 3.05) is 36.2 Å². The quantitative estimate of drug-likeness (QED) is 0.515. The summed E-state index contributed by atoms with van der Waals surface area (Å²) in [5.74, 6) is 0. The number of primary amides is 2. The van der Waals surface area contributed by atoms with Gasteiger partial charge in [-0.15, -0.1) is 0 Å². The molecule has 4 N–H and O–H groups in total. The maximum absolute atomic E-state index is 12.1. The van der Waals surface area contributed by atoms with Crippen molar-refractivity contribution in [2.45, 2.75) is 60.3 Å². The Morgan fingerprint density at radius 2 is 1.21 bits per heavy atom. The van der Waals surface area contributed by atoms with Gasteiger partial charge in [0.25, 0.3) is 0 Å². The molecule has 0 radical (unpaired) electrons. The number of hydrazine groups is 2. The summed E-state index contributed by atoms with van der Waals surface area (Å²) in [4.78, 5) is 24.2. The molecule has 0 bridgehead atoms. The van der Waals surface area contributed by atoms with Crippen LogP contribution in [0.3, 0.4) is 0 Å². The highest BCUT2D eigenvalue weighted by molar-refractivity contribution is 5.77. The summed E-state index contributed by atoms with van der Waals surface area (Å²) in [6.07, 6.45) is 3.32. The largest absolute Gasteiger partial charge is 0.350 e. The fourth-order valence-corrected chi connectivity index (χ4v) is 3.34. The van der Waals surface area contributed by atoms with Gasteiger partial charge in [0.05, 0.1) is 11.4 Å². The molecule has 1 rings (SSSR count). The summed E-state index contributed by atoms with van der Waals surface area (Å²) in [7, 11) is 0. The Bertz CT molecular complexity index is 667. The normalized spacial score (nSPS) is 10.5. The molecule has 29 heavy (non-hydrogen) atoms. The van der Waals surface area contributed by atoms with Crippen LogP contribution in [0.2, 0.25) is 0 Å². The molecule has 0 saturated heterocycles. The smallest absolute Gasteiger partial charge is 0.333 e. The Kier molecular flexibility index (Phi) is 10.1. The fourth-order valence-electron chi connectivity index (χ4n) is 3.34. The van der Waals surface area contributed by atoms with Crippen LogP contribution in [0.1, 0.15) is 58.9 Å². The van der Waals surface area contributed by atoms with Crippen molar-refractivity contribution in [1.82, 2.24) is 10.0 Å². The number of nitrogens with zero attached hydrogens (tertiary/aromatic N) is 4. The summed E-state index contributed by atoms with van der Waals surface area (Å²) in [6, 6.07) is 5.06. The molecule has 0 aliphatic carbocycles. The van der Waals surface area contributed by atoms with E-state index in [0.717, 1.165) is 42.6 Å². The number of anilines is 2. The van der Waals surface area contributed by atoms with Gasteiger partial charge in [-0.05, 0) is 50.3 Å². The minimum atomic E-state index is -0.474. The first kappa shape index (κ1) is 24.4. The molecule has 0 fully saturated rings. The van der Waals surface area contributed by atoms with Crippen molar-refractivity contribution in [3.63, 3.8) is 0 Å². The number of aryl methyl sites for hydroxylation is 1.